The van der Waals surface area contributed by atoms with E-state index in [2.05, 4.69) is 5.32 Å². The first kappa shape index (κ1) is 10.7. The van der Waals surface area contributed by atoms with Crippen LogP contribution in [0.3, 0.4) is 0 Å². The molecule has 0 aliphatic carbocycles. The molecule has 0 aromatic carbocycles. The molecule has 2 amide bonds. The molecule has 86 valence electrons. The third-order valence-electron chi connectivity index (χ3n) is 3.21. The van der Waals surface area contributed by atoms with E-state index in [4.69, 9.17) is 10.5 Å². The topological polar surface area (TPSA) is 67.6 Å². The summed E-state index contributed by atoms with van der Waals surface area (Å²) in [6.07, 6.45) is 3.11. The molecule has 2 fully saturated rings. The summed E-state index contributed by atoms with van der Waals surface area (Å²) in [6, 6.07) is 0.736. The lowest BCUT2D eigenvalue weighted by molar-refractivity contribution is 0.171. The number of primary amides is 1. The summed E-state index contributed by atoms with van der Waals surface area (Å²) in [6.45, 7) is 3.26. The highest BCUT2D eigenvalue weighted by Crippen LogP contribution is 2.13. The number of ether oxygens (including phenoxy) is 1. The van der Waals surface area contributed by atoms with E-state index in [1.54, 1.807) is 4.90 Å². The number of carbonyl (C=O) groups is 1. The molecule has 2 aliphatic heterocycles. The predicted octanol–water partition coefficient (Wildman–Crippen LogP) is -0.0920. The van der Waals surface area contributed by atoms with Gasteiger partial charge in [0.2, 0.25) is 0 Å². The molecule has 0 saturated carbocycles. The molecule has 5 heteroatoms. The Kier molecular flexibility index (Phi) is 3.43. The second kappa shape index (κ2) is 4.81. The van der Waals surface area contributed by atoms with Gasteiger partial charge in [-0.2, -0.15) is 0 Å². The van der Waals surface area contributed by atoms with Crippen molar-refractivity contribution in [2.75, 3.05) is 26.3 Å². The summed E-state index contributed by atoms with van der Waals surface area (Å²) < 4.78 is 5.31. The van der Waals surface area contributed by atoms with Crippen LogP contribution in [0.2, 0.25) is 0 Å². The lowest BCUT2D eigenvalue weighted by Crippen LogP contribution is -2.49. The Labute approximate surface area is 89.9 Å². The minimum Gasteiger partial charge on any atom is -0.380 e. The van der Waals surface area contributed by atoms with Gasteiger partial charge in [0.25, 0.3) is 0 Å². The van der Waals surface area contributed by atoms with E-state index in [0.29, 0.717) is 12.1 Å². The van der Waals surface area contributed by atoms with E-state index < -0.39 is 0 Å². The quantitative estimate of drug-likeness (QED) is 0.673. The van der Waals surface area contributed by atoms with Gasteiger partial charge < -0.3 is 20.7 Å². The van der Waals surface area contributed by atoms with Crippen molar-refractivity contribution in [2.24, 2.45) is 5.73 Å². The summed E-state index contributed by atoms with van der Waals surface area (Å²) in [5.41, 5.74) is 5.22. The molecule has 2 aliphatic rings. The molecule has 0 radical (unpaired) electrons. The zero-order valence-electron chi connectivity index (χ0n) is 8.95. The van der Waals surface area contributed by atoms with Crippen LogP contribution in [-0.4, -0.2) is 49.3 Å². The second-order valence-electron chi connectivity index (χ2n) is 4.33. The highest BCUT2D eigenvalue weighted by Gasteiger charge is 2.24. The third kappa shape index (κ3) is 2.82. The van der Waals surface area contributed by atoms with Crippen molar-refractivity contribution in [3.8, 4) is 0 Å². The fraction of sp³-hybridized carbons (Fsp3) is 0.900. The zero-order valence-corrected chi connectivity index (χ0v) is 8.95. The Bertz CT molecular complexity index is 221. The molecule has 2 rings (SSSR count). The number of nitrogens with zero attached hydrogens (tertiary/aromatic N) is 1. The SMILES string of the molecule is NC(=O)N1CCC(NC2CCOC2)CC1. The maximum atomic E-state index is 10.9. The molecule has 3 N–H and O–H groups in total. The van der Waals surface area contributed by atoms with Gasteiger partial charge >= 0.3 is 6.03 Å². The molecule has 2 heterocycles. The highest BCUT2D eigenvalue weighted by molar-refractivity contribution is 5.72. The van der Waals surface area contributed by atoms with Gasteiger partial charge in [0.1, 0.15) is 0 Å². The van der Waals surface area contributed by atoms with E-state index in [1.807, 2.05) is 0 Å². The molecule has 1 unspecified atom stereocenters. The van der Waals surface area contributed by atoms with Crippen LogP contribution in [0, 0.1) is 0 Å². The Hall–Kier alpha value is -0.810. The van der Waals surface area contributed by atoms with Crippen LogP contribution in [0.1, 0.15) is 19.3 Å². The lowest BCUT2D eigenvalue weighted by atomic mass is 10.0. The van der Waals surface area contributed by atoms with E-state index in [0.717, 1.165) is 45.6 Å². The molecule has 15 heavy (non-hydrogen) atoms. The molecule has 5 nitrogen and oxygen atoms in total. The normalized spacial score (nSPS) is 28.3. The average molecular weight is 213 g/mol. The third-order valence-corrected chi connectivity index (χ3v) is 3.21. The van der Waals surface area contributed by atoms with Gasteiger partial charge in [0.15, 0.2) is 0 Å². The van der Waals surface area contributed by atoms with Gasteiger partial charge in [-0.15, -0.1) is 0 Å². The summed E-state index contributed by atoms with van der Waals surface area (Å²) in [4.78, 5) is 12.6. The monoisotopic (exact) mass is 213 g/mol. The number of hydrogen-bond donors (Lipinski definition) is 2. The molecule has 0 spiro atoms. The first-order chi connectivity index (χ1) is 7.25. The molecule has 0 aromatic rings. The number of likely N-dealkylation sites (tertiary alicyclic amines) is 1. The standard InChI is InChI=1S/C10H19N3O2/c11-10(14)13-4-1-8(2-5-13)12-9-3-6-15-7-9/h8-9,12H,1-7H2,(H2,11,14). The van der Waals surface area contributed by atoms with E-state index in [9.17, 15) is 4.79 Å². The number of amides is 2. The summed E-state index contributed by atoms with van der Waals surface area (Å²) in [5, 5.41) is 3.57. The van der Waals surface area contributed by atoms with Gasteiger partial charge in [-0.3, -0.25) is 0 Å². The fourth-order valence-electron chi connectivity index (χ4n) is 2.27. The Morgan fingerprint density at radius 3 is 2.53 bits per heavy atom. The van der Waals surface area contributed by atoms with E-state index >= 15 is 0 Å². The minimum absolute atomic E-state index is 0.294. The number of hydrogen-bond acceptors (Lipinski definition) is 3. The number of nitrogens with two attached hydrogens (primary N) is 1. The first-order valence-electron chi connectivity index (χ1n) is 5.64. The van der Waals surface area contributed by atoms with Crippen LogP contribution < -0.4 is 11.1 Å². The van der Waals surface area contributed by atoms with Crippen LogP contribution >= 0.6 is 0 Å². The van der Waals surface area contributed by atoms with E-state index in [-0.39, 0.29) is 6.03 Å². The molecule has 0 bridgehead atoms. The average Bonchev–Trinajstić information content (AvgIpc) is 2.71. The fourth-order valence-corrected chi connectivity index (χ4v) is 2.27. The van der Waals surface area contributed by atoms with Crippen molar-refractivity contribution in [3.63, 3.8) is 0 Å². The number of piperidine rings is 1. The van der Waals surface area contributed by atoms with Crippen molar-refractivity contribution in [1.82, 2.24) is 10.2 Å². The van der Waals surface area contributed by atoms with Gasteiger partial charge in [-0.25, -0.2) is 4.79 Å². The van der Waals surface area contributed by atoms with Crippen LogP contribution in [0.25, 0.3) is 0 Å². The molecular weight excluding hydrogens is 194 g/mol. The van der Waals surface area contributed by atoms with Gasteiger partial charge in [0, 0.05) is 31.8 Å². The number of rotatable bonds is 2. The maximum absolute atomic E-state index is 10.9. The first-order valence-corrected chi connectivity index (χ1v) is 5.64. The number of carbonyl (C=O) groups excluding carboxylic acids is 1. The molecule has 1 atom stereocenters. The molecule has 2 saturated heterocycles. The van der Waals surface area contributed by atoms with Gasteiger partial charge in [0.05, 0.1) is 6.61 Å². The van der Waals surface area contributed by atoms with Crippen LogP contribution in [0.4, 0.5) is 4.79 Å². The predicted molar refractivity (Wildman–Crippen MR) is 56.5 cm³/mol. The summed E-state index contributed by atoms with van der Waals surface area (Å²) in [7, 11) is 0. The summed E-state index contributed by atoms with van der Waals surface area (Å²) in [5.74, 6) is 0. The highest BCUT2D eigenvalue weighted by atomic mass is 16.5. The smallest absolute Gasteiger partial charge is 0.314 e. The number of urea groups is 1. The Morgan fingerprint density at radius 1 is 1.27 bits per heavy atom. The Morgan fingerprint density at radius 2 is 2.00 bits per heavy atom. The lowest BCUT2D eigenvalue weighted by Gasteiger charge is -2.32. The maximum Gasteiger partial charge on any atom is 0.314 e. The summed E-state index contributed by atoms with van der Waals surface area (Å²) >= 11 is 0. The zero-order chi connectivity index (χ0) is 10.7. The second-order valence-corrected chi connectivity index (χ2v) is 4.33. The van der Waals surface area contributed by atoms with Crippen molar-refractivity contribution in [1.29, 1.82) is 0 Å². The minimum atomic E-state index is -0.294. The van der Waals surface area contributed by atoms with Gasteiger partial charge in [-0.05, 0) is 19.3 Å². The Balaban J connectivity index is 1.71. The van der Waals surface area contributed by atoms with Crippen LogP contribution in [0.15, 0.2) is 0 Å². The van der Waals surface area contributed by atoms with Crippen molar-refractivity contribution in [2.45, 2.75) is 31.3 Å². The van der Waals surface area contributed by atoms with Crippen molar-refractivity contribution >= 4 is 6.03 Å². The van der Waals surface area contributed by atoms with Gasteiger partial charge in [-0.1, -0.05) is 0 Å². The molecule has 0 aromatic heterocycles. The van der Waals surface area contributed by atoms with Crippen molar-refractivity contribution < 1.29 is 9.53 Å². The van der Waals surface area contributed by atoms with Crippen LogP contribution in [-0.2, 0) is 4.74 Å². The molecular formula is C10H19N3O2. The van der Waals surface area contributed by atoms with Crippen molar-refractivity contribution in [3.05, 3.63) is 0 Å². The van der Waals surface area contributed by atoms with E-state index in [1.165, 1.54) is 0 Å². The largest absolute Gasteiger partial charge is 0.380 e. The number of nitrogens with one attached hydrogen (secondary N) is 1. The van der Waals surface area contributed by atoms with Crippen LogP contribution in [0.5, 0.6) is 0 Å².